The number of hydrogen-bond donors (Lipinski definition) is 4. The Bertz CT molecular complexity index is 1280. The molecular formula is C22H27N5O5. The molecule has 3 aromatic rings. The second kappa shape index (κ2) is 9.73. The second-order valence-corrected chi connectivity index (χ2v) is 7.79. The van der Waals surface area contributed by atoms with Crippen LogP contribution in [0.2, 0.25) is 0 Å². The Hall–Kier alpha value is -3.53. The van der Waals surface area contributed by atoms with E-state index in [0.717, 1.165) is 38.2 Å². The molecule has 0 atom stereocenters. The number of nitrogens with one attached hydrogen (secondary N) is 2. The fourth-order valence-electron chi connectivity index (χ4n) is 3.92. The average molecular weight is 441 g/mol. The van der Waals surface area contributed by atoms with Crippen LogP contribution >= 0.6 is 0 Å². The van der Waals surface area contributed by atoms with Gasteiger partial charge in [0.1, 0.15) is 16.8 Å². The van der Waals surface area contributed by atoms with E-state index in [0.29, 0.717) is 11.3 Å². The van der Waals surface area contributed by atoms with Crippen molar-refractivity contribution in [2.75, 3.05) is 6.61 Å². The highest BCUT2D eigenvalue weighted by Crippen LogP contribution is 2.18. The molecule has 4 rings (SSSR count). The van der Waals surface area contributed by atoms with Gasteiger partial charge < -0.3 is 20.1 Å². The minimum atomic E-state index is -0.833. The maximum Gasteiger partial charge on any atom is 0.300 e. The zero-order valence-corrected chi connectivity index (χ0v) is 18.1. The summed E-state index contributed by atoms with van der Waals surface area (Å²) >= 11 is 0. The van der Waals surface area contributed by atoms with Crippen LogP contribution in [0, 0.1) is 12.3 Å². The van der Waals surface area contributed by atoms with Gasteiger partial charge in [0.05, 0.1) is 17.6 Å². The minimum absolute atomic E-state index is 0.0538. The third-order valence-corrected chi connectivity index (χ3v) is 5.39. The molecule has 1 aliphatic rings. The summed E-state index contributed by atoms with van der Waals surface area (Å²) in [6.07, 6.45) is 5.66. The summed E-state index contributed by atoms with van der Waals surface area (Å²) in [5, 5.41) is 28.6. The summed E-state index contributed by atoms with van der Waals surface area (Å²) in [5.74, 6) is -1.20. The monoisotopic (exact) mass is 441 g/mol. The van der Waals surface area contributed by atoms with Crippen molar-refractivity contribution in [3.8, 4) is 0 Å². The van der Waals surface area contributed by atoms with Gasteiger partial charge in [0.15, 0.2) is 0 Å². The highest BCUT2D eigenvalue weighted by Gasteiger charge is 2.21. The molecule has 0 aromatic carbocycles. The quantitative estimate of drug-likeness (QED) is 0.447. The van der Waals surface area contributed by atoms with Crippen LogP contribution in [0.4, 0.5) is 0 Å². The van der Waals surface area contributed by atoms with Gasteiger partial charge in [-0.25, -0.2) is 4.98 Å². The van der Waals surface area contributed by atoms with E-state index in [-0.39, 0.29) is 47.1 Å². The van der Waals surface area contributed by atoms with Crippen LogP contribution in [0.1, 0.15) is 48.5 Å². The average Bonchev–Trinajstić information content (AvgIpc) is 3.23. The maximum absolute atomic E-state index is 13.1. The zero-order valence-electron chi connectivity index (χ0n) is 18.1. The van der Waals surface area contributed by atoms with Crippen molar-refractivity contribution in [3.05, 3.63) is 51.4 Å². The molecule has 3 heterocycles. The summed E-state index contributed by atoms with van der Waals surface area (Å²) in [5.41, 5.74) is 1.39. The van der Waals surface area contributed by atoms with Gasteiger partial charge in [0.25, 0.3) is 17.4 Å². The molecule has 170 valence electrons. The Morgan fingerprint density at radius 2 is 1.94 bits per heavy atom. The summed E-state index contributed by atoms with van der Waals surface area (Å²) in [7, 11) is 0. The van der Waals surface area contributed by atoms with Crippen molar-refractivity contribution in [1.29, 1.82) is 5.41 Å². The zero-order chi connectivity index (χ0) is 23.4. The molecule has 4 N–H and O–H groups in total. The fraction of sp³-hybridized carbons (Fsp3) is 0.409. The number of aliphatic hydroxyl groups excluding tert-OH is 1. The predicted molar refractivity (Wildman–Crippen MR) is 118 cm³/mol. The number of carboxylic acid groups (broad SMARTS) is 1. The number of aromatic nitrogens is 3. The lowest BCUT2D eigenvalue weighted by Crippen LogP contribution is -2.39. The number of rotatable bonds is 4. The smallest absolute Gasteiger partial charge is 0.300 e. The van der Waals surface area contributed by atoms with Crippen LogP contribution in [0.25, 0.3) is 16.7 Å². The van der Waals surface area contributed by atoms with Crippen LogP contribution in [0.3, 0.4) is 0 Å². The normalized spacial score (nSPS) is 13.7. The van der Waals surface area contributed by atoms with Crippen molar-refractivity contribution < 1.29 is 19.8 Å². The third kappa shape index (κ3) is 4.70. The van der Waals surface area contributed by atoms with E-state index < -0.39 is 5.97 Å². The van der Waals surface area contributed by atoms with Crippen LogP contribution in [-0.2, 0) is 11.3 Å². The predicted octanol–water partition coefficient (Wildman–Crippen LogP) is 1.19. The number of amides is 1. The van der Waals surface area contributed by atoms with Gasteiger partial charge in [-0.15, -0.1) is 0 Å². The van der Waals surface area contributed by atoms with Gasteiger partial charge in [-0.1, -0.05) is 18.9 Å². The number of pyridine rings is 2. The number of carboxylic acids is 1. The largest absolute Gasteiger partial charge is 0.481 e. The van der Waals surface area contributed by atoms with Gasteiger partial charge in [-0.05, 0) is 37.5 Å². The van der Waals surface area contributed by atoms with Gasteiger partial charge in [0.2, 0.25) is 0 Å². The van der Waals surface area contributed by atoms with Gasteiger partial charge in [-0.3, -0.25) is 24.2 Å². The Balaban J connectivity index is 0.000000668. The lowest BCUT2D eigenvalue weighted by Gasteiger charge is -2.16. The van der Waals surface area contributed by atoms with Crippen LogP contribution in [0.15, 0.2) is 29.2 Å². The number of aliphatic hydroxyl groups is 1. The summed E-state index contributed by atoms with van der Waals surface area (Å²) in [6, 6.07) is 5.19. The number of carbonyl (C=O) groups excluding carboxylic acids is 1. The van der Waals surface area contributed by atoms with Crippen LogP contribution < -0.4 is 16.4 Å². The SMILES string of the molecule is CC(=O)O.Cc1cccn2c(=O)c3cc(C(=O)NC4CCCC4)c(=N)n(CCO)c3nc12. The van der Waals surface area contributed by atoms with Crippen LogP contribution in [0.5, 0.6) is 0 Å². The van der Waals surface area contributed by atoms with E-state index in [4.69, 9.17) is 15.3 Å². The molecule has 0 radical (unpaired) electrons. The van der Waals surface area contributed by atoms with E-state index in [9.17, 15) is 14.7 Å². The highest BCUT2D eigenvalue weighted by molar-refractivity contribution is 5.97. The molecule has 0 bridgehead atoms. The molecular weight excluding hydrogens is 414 g/mol. The van der Waals surface area contributed by atoms with Crippen molar-refractivity contribution in [2.24, 2.45) is 0 Å². The number of aryl methyl sites for hydroxylation is 1. The molecule has 0 unspecified atom stereocenters. The first-order valence-electron chi connectivity index (χ1n) is 10.5. The van der Waals surface area contributed by atoms with Crippen molar-refractivity contribution >= 4 is 28.6 Å². The Kier molecular flexibility index (Phi) is 7.04. The summed E-state index contributed by atoms with van der Waals surface area (Å²) in [6.45, 7) is 2.79. The molecule has 1 amide bonds. The first-order chi connectivity index (χ1) is 15.2. The first kappa shape index (κ1) is 23.1. The third-order valence-electron chi connectivity index (χ3n) is 5.39. The molecule has 1 fully saturated rings. The van der Waals surface area contributed by atoms with E-state index in [1.165, 1.54) is 15.0 Å². The first-order valence-corrected chi connectivity index (χ1v) is 10.5. The number of nitrogens with zero attached hydrogens (tertiary/aromatic N) is 3. The van der Waals surface area contributed by atoms with Gasteiger partial charge >= 0.3 is 0 Å². The lowest BCUT2D eigenvalue weighted by atomic mass is 10.1. The summed E-state index contributed by atoms with van der Waals surface area (Å²) < 4.78 is 2.88. The Labute approximate surface area is 183 Å². The van der Waals surface area contributed by atoms with Gasteiger partial charge in [-0.2, -0.15) is 0 Å². The van der Waals surface area contributed by atoms with Crippen molar-refractivity contribution in [3.63, 3.8) is 0 Å². The van der Waals surface area contributed by atoms with Gasteiger partial charge in [0, 0.05) is 25.7 Å². The number of hydrogen-bond acceptors (Lipinski definition) is 6. The standard InChI is InChI=1S/C20H23N5O3.C2H4O2/c1-12-5-4-8-25-17(12)23-18-15(20(25)28)11-14(16(21)24(18)9-10-26)19(27)22-13-6-2-3-7-13;1-2(3)4/h4-5,8,11,13,21,26H,2-3,6-7,9-10H2,1H3,(H,22,27);1H3,(H,3,4). The molecule has 0 saturated heterocycles. The maximum atomic E-state index is 13.1. The fourth-order valence-corrected chi connectivity index (χ4v) is 3.92. The van der Waals surface area contributed by atoms with E-state index >= 15 is 0 Å². The Morgan fingerprint density at radius 1 is 1.28 bits per heavy atom. The molecule has 1 saturated carbocycles. The highest BCUT2D eigenvalue weighted by atomic mass is 16.4. The number of fused-ring (bicyclic) bond motifs is 2. The molecule has 0 spiro atoms. The number of carbonyl (C=O) groups is 2. The van der Waals surface area contributed by atoms with Crippen LogP contribution in [-0.4, -0.2) is 48.7 Å². The topological polar surface area (TPSA) is 150 Å². The molecule has 3 aromatic heterocycles. The van der Waals surface area contributed by atoms with Crippen molar-refractivity contribution in [1.82, 2.24) is 19.3 Å². The molecule has 10 nitrogen and oxygen atoms in total. The number of aliphatic carboxylic acids is 1. The minimum Gasteiger partial charge on any atom is -0.481 e. The molecule has 10 heteroatoms. The second-order valence-electron chi connectivity index (χ2n) is 7.79. The molecule has 0 aliphatic heterocycles. The van der Waals surface area contributed by atoms with E-state index in [1.807, 2.05) is 13.0 Å². The lowest BCUT2D eigenvalue weighted by molar-refractivity contribution is -0.134. The van der Waals surface area contributed by atoms with Crippen molar-refractivity contribution in [2.45, 2.75) is 52.1 Å². The van der Waals surface area contributed by atoms with E-state index in [2.05, 4.69) is 10.3 Å². The molecule has 32 heavy (non-hydrogen) atoms. The van der Waals surface area contributed by atoms with E-state index in [1.54, 1.807) is 12.3 Å². The Morgan fingerprint density at radius 3 is 2.56 bits per heavy atom. The summed E-state index contributed by atoms with van der Waals surface area (Å²) in [4.78, 5) is 39.5. The molecule has 1 aliphatic carbocycles.